The first-order valence-electron chi connectivity index (χ1n) is 10.6. The molecule has 9 nitrogen and oxygen atoms in total. The Morgan fingerprint density at radius 2 is 1.89 bits per heavy atom. The average Bonchev–Trinajstić information content (AvgIpc) is 2.79. The molecule has 2 heterocycles. The van der Waals surface area contributed by atoms with Gasteiger partial charge in [-0.2, -0.15) is 18.2 Å². The van der Waals surface area contributed by atoms with E-state index in [1.165, 1.54) is 12.1 Å². The molecule has 4 rings (SSSR count). The third-order valence-electron chi connectivity index (χ3n) is 5.15. The summed E-state index contributed by atoms with van der Waals surface area (Å²) >= 11 is 0. The second-order valence-electron chi connectivity index (χ2n) is 7.63. The lowest BCUT2D eigenvalue weighted by Crippen LogP contribution is -2.36. The maximum absolute atomic E-state index is 13.0. The molecule has 0 aliphatic carbocycles. The number of amides is 2. The second kappa shape index (κ2) is 9.49. The number of ether oxygens (including phenoxy) is 1. The second-order valence-corrected chi connectivity index (χ2v) is 7.63. The van der Waals surface area contributed by atoms with E-state index in [-0.39, 0.29) is 29.4 Å². The molecule has 1 atom stereocenters. The Kier molecular flexibility index (Phi) is 6.45. The van der Waals surface area contributed by atoms with E-state index < -0.39 is 35.0 Å². The van der Waals surface area contributed by atoms with Crippen LogP contribution in [0.4, 0.5) is 36.3 Å². The highest BCUT2D eigenvalue weighted by atomic mass is 19.4. The van der Waals surface area contributed by atoms with Crippen molar-refractivity contribution in [1.29, 1.82) is 0 Å². The molecule has 4 N–H and O–H groups in total. The van der Waals surface area contributed by atoms with Crippen LogP contribution in [0.15, 0.2) is 53.3 Å². The lowest BCUT2D eigenvalue weighted by atomic mass is 9.92. The number of halogens is 3. The van der Waals surface area contributed by atoms with E-state index >= 15 is 0 Å². The van der Waals surface area contributed by atoms with Crippen LogP contribution in [0.2, 0.25) is 0 Å². The fourth-order valence-electron chi connectivity index (χ4n) is 3.60. The van der Waals surface area contributed by atoms with Crippen molar-refractivity contribution in [2.24, 2.45) is 0 Å². The highest BCUT2D eigenvalue weighted by molar-refractivity contribution is 6.04. The zero-order valence-electron chi connectivity index (χ0n) is 18.3. The number of aromatic nitrogens is 2. The number of carbonyl (C=O) groups is 2. The van der Waals surface area contributed by atoms with Crippen LogP contribution in [0.5, 0.6) is 5.75 Å². The summed E-state index contributed by atoms with van der Waals surface area (Å²) < 4.78 is 44.3. The van der Waals surface area contributed by atoms with Crippen LogP contribution in [0.3, 0.4) is 0 Å². The van der Waals surface area contributed by atoms with Crippen LogP contribution in [0, 0.1) is 0 Å². The van der Waals surface area contributed by atoms with Crippen LogP contribution in [-0.2, 0) is 15.8 Å². The van der Waals surface area contributed by atoms with Crippen LogP contribution < -0.4 is 26.2 Å². The largest absolute Gasteiger partial charge is 0.494 e. The molecule has 0 spiro atoms. The summed E-state index contributed by atoms with van der Waals surface area (Å²) in [5, 5.41) is 7.70. The van der Waals surface area contributed by atoms with Gasteiger partial charge in [0.2, 0.25) is 17.8 Å². The van der Waals surface area contributed by atoms with Gasteiger partial charge in [-0.25, -0.2) is 0 Å². The van der Waals surface area contributed by atoms with Gasteiger partial charge < -0.3 is 20.7 Å². The predicted octanol–water partition coefficient (Wildman–Crippen LogP) is 4.00. The van der Waals surface area contributed by atoms with Gasteiger partial charge in [0.05, 0.1) is 23.7 Å². The van der Waals surface area contributed by atoms with Crippen molar-refractivity contribution in [3.05, 3.63) is 70.0 Å². The number of nitrogens with zero attached hydrogens (tertiary/aromatic N) is 1. The van der Waals surface area contributed by atoms with Crippen molar-refractivity contribution in [3.63, 3.8) is 0 Å². The summed E-state index contributed by atoms with van der Waals surface area (Å²) in [6.07, 6.45) is -4.83. The number of carbonyl (C=O) groups excluding carboxylic acids is 2. The van der Waals surface area contributed by atoms with Gasteiger partial charge in [0.15, 0.2) is 0 Å². The molecule has 1 aliphatic rings. The molecule has 2 aromatic carbocycles. The van der Waals surface area contributed by atoms with Gasteiger partial charge in [0.25, 0.3) is 5.56 Å². The minimum Gasteiger partial charge on any atom is -0.494 e. The van der Waals surface area contributed by atoms with Gasteiger partial charge in [-0.1, -0.05) is 6.07 Å². The fourth-order valence-corrected chi connectivity index (χ4v) is 3.60. The van der Waals surface area contributed by atoms with Crippen molar-refractivity contribution in [2.45, 2.75) is 25.4 Å². The van der Waals surface area contributed by atoms with E-state index in [1.807, 2.05) is 6.92 Å². The number of alkyl halides is 3. The summed E-state index contributed by atoms with van der Waals surface area (Å²) in [6.45, 7) is 2.33. The third-order valence-corrected chi connectivity index (χ3v) is 5.15. The average molecular weight is 487 g/mol. The number of nitrogens with one attached hydrogen (secondary N) is 4. The Labute approximate surface area is 196 Å². The van der Waals surface area contributed by atoms with Crippen molar-refractivity contribution in [1.82, 2.24) is 9.97 Å². The molecule has 35 heavy (non-hydrogen) atoms. The van der Waals surface area contributed by atoms with Crippen LogP contribution in [0.25, 0.3) is 0 Å². The highest BCUT2D eigenvalue weighted by Gasteiger charge is 2.35. The number of H-pyrrole nitrogens is 1. The number of rotatable bonds is 6. The number of anilines is 4. The van der Waals surface area contributed by atoms with Crippen LogP contribution in [-0.4, -0.2) is 28.4 Å². The number of hydrogen-bond donors (Lipinski definition) is 4. The molecule has 2 amide bonds. The molecule has 0 saturated carbocycles. The Morgan fingerprint density at radius 3 is 2.57 bits per heavy atom. The van der Waals surface area contributed by atoms with Gasteiger partial charge in [-0.3, -0.25) is 19.4 Å². The monoisotopic (exact) mass is 487 g/mol. The number of fused-ring (bicyclic) bond motifs is 1. The standard InChI is InChI=1S/C23H20F3N5O4/c1-2-35-15-8-6-13(7-9-15)27-20(33)16-11-17(32)29-19-18(16)21(34)31-22(30-19)28-14-5-3-4-12(10-14)23(24,25)26/h3-10,16H,2,11H2,1H3,(H,27,33)(H3,28,29,30,31,32,34). The molecule has 3 aromatic rings. The summed E-state index contributed by atoms with van der Waals surface area (Å²) in [4.78, 5) is 44.5. The number of aromatic amines is 1. The molecular formula is C23H20F3N5O4. The fraction of sp³-hybridized carbons (Fsp3) is 0.217. The predicted molar refractivity (Wildman–Crippen MR) is 122 cm³/mol. The SMILES string of the molecule is CCOc1ccc(NC(=O)C2CC(=O)Nc3nc(Nc4cccc(C(F)(F)F)c4)[nH]c(=O)c32)cc1. The van der Waals surface area contributed by atoms with Gasteiger partial charge in [-0.15, -0.1) is 0 Å². The van der Waals surface area contributed by atoms with Crippen LogP contribution in [0.1, 0.15) is 30.4 Å². The van der Waals surface area contributed by atoms with Crippen molar-refractivity contribution >= 4 is 35.0 Å². The molecule has 12 heteroatoms. The zero-order chi connectivity index (χ0) is 25.2. The normalized spacial score (nSPS) is 15.1. The van der Waals surface area contributed by atoms with E-state index in [9.17, 15) is 27.6 Å². The zero-order valence-corrected chi connectivity index (χ0v) is 18.3. The first-order valence-corrected chi connectivity index (χ1v) is 10.6. The van der Waals surface area contributed by atoms with E-state index in [2.05, 4.69) is 25.9 Å². The molecule has 0 saturated heterocycles. The lowest BCUT2D eigenvalue weighted by molar-refractivity contribution is -0.137. The molecule has 0 bridgehead atoms. The van der Waals surface area contributed by atoms with E-state index in [4.69, 9.17) is 4.74 Å². The summed E-state index contributed by atoms with van der Waals surface area (Å²) in [6, 6.07) is 10.9. The topological polar surface area (TPSA) is 125 Å². The third kappa shape index (κ3) is 5.42. The Bertz CT molecular complexity index is 1320. The molecule has 1 aromatic heterocycles. The lowest BCUT2D eigenvalue weighted by Gasteiger charge is -2.23. The molecule has 1 aliphatic heterocycles. The first kappa shape index (κ1) is 23.8. The van der Waals surface area contributed by atoms with E-state index in [1.54, 1.807) is 24.3 Å². The van der Waals surface area contributed by atoms with E-state index in [0.29, 0.717) is 18.0 Å². The molecule has 182 valence electrons. The smallest absolute Gasteiger partial charge is 0.416 e. The minimum atomic E-state index is -4.55. The maximum Gasteiger partial charge on any atom is 0.416 e. The Morgan fingerprint density at radius 1 is 1.14 bits per heavy atom. The van der Waals surface area contributed by atoms with Crippen molar-refractivity contribution in [2.75, 3.05) is 22.6 Å². The summed E-state index contributed by atoms with van der Waals surface area (Å²) in [5.74, 6) is -1.96. The van der Waals surface area contributed by atoms with Crippen molar-refractivity contribution in [3.8, 4) is 5.75 Å². The molecule has 0 fully saturated rings. The van der Waals surface area contributed by atoms with Gasteiger partial charge in [-0.05, 0) is 49.4 Å². The first-order chi connectivity index (χ1) is 16.6. The maximum atomic E-state index is 13.0. The summed E-state index contributed by atoms with van der Waals surface area (Å²) in [7, 11) is 0. The van der Waals surface area contributed by atoms with Gasteiger partial charge in [0.1, 0.15) is 11.6 Å². The highest BCUT2D eigenvalue weighted by Crippen LogP contribution is 2.32. The Balaban J connectivity index is 1.58. The van der Waals surface area contributed by atoms with Crippen molar-refractivity contribution < 1.29 is 27.5 Å². The quantitative estimate of drug-likeness (QED) is 0.417. The van der Waals surface area contributed by atoms with E-state index in [0.717, 1.165) is 12.1 Å². The van der Waals surface area contributed by atoms with Gasteiger partial charge >= 0.3 is 6.18 Å². The number of benzene rings is 2. The molecule has 0 radical (unpaired) electrons. The molecule has 1 unspecified atom stereocenters. The number of hydrogen-bond acceptors (Lipinski definition) is 6. The summed E-state index contributed by atoms with van der Waals surface area (Å²) in [5.41, 5.74) is -1.19. The molecular weight excluding hydrogens is 467 g/mol. The van der Waals surface area contributed by atoms with Crippen LogP contribution >= 0.6 is 0 Å². The Hall–Kier alpha value is -4.35. The minimum absolute atomic E-state index is 0.0230. The van der Waals surface area contributed by atoms with Gasteiger partial charge in [0, 0.05) is 17.8 Å².